The van der Waals surface area contributed by atoms with Crippen molar-refractivity contribution in [2.24, 2.45) is 0 Å². The Bertz CT molecular complexity index is 11.7. The summed E-state index contributed by atoms with van der Waals surface area (Å²) in [5, 5.41) is 15.1. The minimum atomic E-state index is 0. The number of hydrogen-bond donors (Lipinski definition) is 2. The Labute approximate surface area is 87.4 Å². The second kappa shape index (κ2) is 25.7. The minimum absolute atomic E-state index is 0. The average molecular weight is 132 g/mol. The molecule has 0 bridgehead atoms. The van der Waals surface area contributed by atoms with Crippen molar-refractivity contribution in [3.63, 3.8) is 0 Å². The molecule has 3 heteroatoms. The maximum atomic E-state index is 7.57. The Balaban J connectivity index is -0.0000000400. The van der Waals surface area contributed by atoms with E-state index >= 15 is 0 Å². The predicted octanol–water partition coefficient (Wildman–Crippen LogP) is -0.651. The summed E-state index contributed by atoms with van der Waals surface area (Å²) in [6.45, 7) is 3.86. The molecule has 2 nitrogen and oxygen atoms in total. The molecule has 7 heavy (non-hydrogen) atoms. The topological polar surface area (TPSA) is 40.5 Å². The van der Waals surface area contributed by atoms with Gasteiger partial charge in [0.25, 0.3) is 0 Å². The molecular formula is C4H13KO2. The van der Waals surface area contributed by atoms with Gasteiger partial charge in [0.05, 0.1) is 0 Å². The van der Waals surface area contributed by atoms with Gasteiger partial charge in [-0.1, -0.05) is 0 Å². The van der Waals surface area contributed by atoms with E-state index in [1.165, 1.54) is 0 Å². The van der Waals surface area contributed by atoms with Crippen LogP contribution < -0.4 is 0 Å². The summed E-state index contributed by atoms with van der Waals surface area (Å²) in [7, 11) is 0. The van der Waals surface area contributed by atoms with Crippen molar-refractivity contribution in [2.75, 3.05) is 13.2 Å². The van der Waals surface area contributed by atoms with E-state index < -0.39 is 0 Å². The van der Waals surface area contributed by atoms with E-state index in [0.717, 1.165) is 0 Å². The fraction of sp³-hybridized carbons (Fsp3) is 1.00. The third-order valence-corrected chi connectivity index (χ3v) is 0. The van der Waals surface area contributed by atoms with E-state index in [4.69, 9.17) is 10.2 Å². The summed E-state index contributed by atoms with van der Waals surface area (Å²) >= 11 is 0. The van der Waals surface area contributed by atoms with Crippen molar-refractivity contribution in [3.8, 4) is 0 Å². The van der Waals surface area contributed by atoms with Crippen LogP contribution in [0.1, 0.15) is 13.8 Å². The zero-order valence-corrected chi connectivity index (χ0v) is 4.31. The molecule has 0 aliphatic heterocycles. The number of hydrogen-bond acceptors (Lipinski definition) is 2. The quantitative estimate of drug-likeness (QED) is 0.430. The molecule has 0 unspecified atom stereocenters. The molecule has 0 heterocycles. The molecule has 0 aromatic heterocycles. The van der Waals surface area contributed by atoms with Gasteiger partial charge in [0.15, 0.2) is 0 Å². The molecule has 0 rings (SSSR count). The van der Waals surface area contributed by atoms with Crippen LogP contribution in [-0.4, -0.2) is 74.8 Å². The van der Waals surface area contributed by atoms with Crippen LogP contribution in [0, 0.1) is 0 Å². The Kier molecular flexibility index (Phi) is 58.1. The molecule has 0 aliphatic rings. The summed E-state index contributed by atoms with van der Waals surface area (Å²) in [6.07, 6.45) is 0. The van der Waals surface area contributed by atoms with Gasteiger partial charge in [0.1, 0.15) is 0 Å². The number of aliphatic hydroxyl groups is 2. The molecule has 0 aromatic carbocycles. The monoisotopic (exact) mass is 132 g/mol. The van der Waals surface area contributed by atoms with Gasteiger partial charge in [0, 0.05) is 13.2 Å². The molecule has 0 atom stereocenters. The van der Waals surface area contributed by atoms with Crippen LogP contribution in [0.15, 0.2) is 0 Å². The standard InChI is InChI=1S/2C2H6O.K.H/c2*1-2-3;;/h2*3H,2H2,1H3;;. The van der Waals surface area contributed by atoms with Crippen LogP contribution in [0.2, 0.25) is 0 Å². The van der Waals surface area contributed by atoms with Gasteiger partial charge in [0.2, 0.25) is 0 Å². The Morgan fingerprint density at radius 3 is 1.00 bits per heavy atom. The molecule has 0 saturated carbocycles. The Hall–Kier alpha value is 1.56. The van der Waals surface area contributed by atoms with E-state index in [1.807, 2.05) is 0 Å². The third kappa shape index (κ3) is 96.3. The summed E-state index contributed by atoms with van der Waals surface area (Å²) in [4.78, 5) is 0. The van der Waals surface area contributed by atoms with Crippen molar-refractivity contribution < 1.29 is 10.2 Å². The van der Waals surface area contributed by atoms with Gasteiger partial charge < -0.3 is 10.2 Å². The van der Waals surface area contributed by atoms with Crippen molar-refractivity contribution in [1.82, 2.24) is 0 Å². The summed E-state index contributed by atoms with van der Waals surface area (Å²) < 4.78 is 0. The van der Waals surface area contributed by atoms with E-state index in [2.05, 4.69) is 0 Å². The van der Waals surface area contributed by atoms with E-state index in [0.29, 0.717) is 0 Å². The number of aliphatic hydroxyl groups excluding tert-OH is 2. The van der Waals surface area contributed by atoms with Gasteiger partial charge in [-0.05, 0) is 13.8 Å². The van der Waals surface area contributed by atoms with E-state index in [9.17, 15) is 0 Å². The first-order valence-corrected chi connectivity index (χ1v) is 2.05. The van der Waals surface area contributed by atoms with Gasteiger partial charge in [-0.2, -0.15) is 0 Å². The van der Waals surface area contributed by atoms with E-state index in [1.54, 1.807) is 13.8 Å². The third-order valence-electron chi connectivity index (χ3n) is 0. The predicted molar refractivity (Wildman–Crippen MR) is 32.7 cm³/mol. The van der Waals surface area contributed by atoms with Crippen molar-refractivity contribution in [2.45, 2.75) is 13.8 Å². The molecule has 0 amide bonds. The SMILES string of the molecule is CCO.CCO.[KH]. The second-order valence-corrected chi connectivity index (χ2v) is 0.632. The van der Waals surface area contributed by atoms with Gasteiger partial charge in [-0.25, -0.2) is 0 Å². The van der Waals surface area contributed by atoms with Crippen LogP contribution in [-0.2, 0) is 0 Å². The van der Waals surface area contributed by atoms with Crippen molar-refractivity contribution in [1.29, 1.82) is 0 Å². The van der Waals surface area contributed by atoms with Crippen molar-refractivity contribution >= 4 is 51.4 Å². The second-order valence-electron chi connectivity index (χ2n) is 0.632. The Morgan fingerprint density at radius 2 is 1.00 bits per heavy atom. The van der Waals surface area contributed by atoms with Crippen LogP contribution in [0.5, 0.6) is 0 Å². The summed E-state index contributed by atoms with van der Waals surface area (Å²) in [5.74, 6) is 0. The fourth-order valence-corrected chi connectivity index (χ4v) is 0. The maximum absolute atomic E-state index is 7.57. The first kappa shape index (κ1) is 15.8. The normalized spacial score (nSPS) is 5.14. The van der Waals surface area contributed by atoms with Crippen LogP contribution >= 0.6 is 0 Å². The zero-order chi connectivity index (χ0) is 5.41. The molecule has 2 N–H and O–H groups in total. The van der Waals surface area contributed by atoms with Gasteiger partial charge in [-0.3, -0.25) is 0 Å². The van der Waals surface area contributed by atoms with E-state index in [-0.39, 0.29) is 64.6 Å². The van der Waals surface area contributed by atoms with Crippen LogP contribution in [0.4, 0.5) is 0 Å². The molecule has 0 aromatic rings. The zero-order valence-electron chi connectivity index (χ0n) is 4.31. The van der Waals surface area contributed by atoms with Crippen LogP contribution in [0.25, 0.3) is 0 Å². The van der Waals surface area contributed by atoms with Crippen molar-refractivity contribution in [3.05, 3.63) is 0 Å². The average Bonchev–Trinajstić information content (AvgIpc) is 1.39. The summed E-state index contributed by atoms with van der Waals surface area (Å²) in [6, 6.07) is 0. The molecule has 0 radical (unpaired) electrons. The molecule has 0 fully saturated rings. The Morgan fingerprint density at radius 1 is 1.00 bits per heavy atom. The first-order chi connectivity index (χ1) is 2.83. The molecule has 0 saturated heterocycles. The molecular weight excluding hydrogens is 119 g/mol. The van der Waals surface area contributed by atoms with Gasteiger partial charge >= 0.3 is 51.4 Å². The van der Waals surface area contributed by atoms with Crippen LogP contribution in [0.3, 0.4) is 0 Å². The fourth-order valence-electron chi connectivity index (χ4n) is 0. The molecule has 0 aliphatic carbocycles. The molecule has 0 spiro atoms. The van der Waals surface area contributed by atoms with Gasteiger partial charge in [-0.15, -0.1) is 0 Å². The molecule has 42 valence electrons. The number of rotatable bonds is 0. The first-order valence-electron chi connectivity index (χ1n) is 2.05. The summed E-state index contributed by atoms with van der Waals surface area (Å²) in [5.41, 5.74) is 0.